The highest BCUT2D eigenvalue weighted by Crippen LogP contribution is 2.39. The molecule has 0 radical (unpaired) electrons. The molecule has 1 fully saturated rings. The summed E-state index contributed by atoms with van der Waals surface area (Å²) in [6, 6.07) is 9.40. The van der Waals surface area contributed by atoms with Crippen LogP contribution in [0.1, 0.15) is 31.9 Å². The second-order valence-corrected chi connectivity index (χ2v) is 9.35. The van der Waals surface area contributed by atoms with E-state index in [0.29, 0.717) is 29.6 Å². The minimum atomic E-state index is -1.05. The number of halogens is 1. The number of hydrogen-bond donors (Lipinski definition) is 1. The molecule has 0 saturated carbocycles. The van der Waals surface area contributed by atoms with Crippen molar-refractivity contribution in [3.63, 3.8) is 0 Å². The van der Waals surface area contributed by atoms with Crippen LogP contribution in [0.5, 0.6) is 11.5 Å². The largest absolute Gasteiger partial charge is 0.490 e. The van der Waals surface area contributed by atoms with E-state index in [-0.39, 0.29) is 40.5 Å². The quantitative estimate of drug-likeness (QED) is 0.325. The van der Waals surface area contributed by atoms with Crippen LogP contribution in [0.4, 0.5) is 10.5 Å². The lowest BCUT2D eigenvalue weighted by Gasteiger charge is -2.19. The highest BCUT2D eigenvalue weighted by molar-refractivity contribution is 8.18. The number of rotatable bonds is 10. The van der Waals surface area contributed by atoms with E-state index in [9.17, 15) is 19.2 Å². The summed E-state index contributed by atoms with van der Waals surface area (Å²) in [4.78, 5) is 50.7. The summed E-state index contributed by atoms with van der Waals surface area (Å²) in [6.45, 7) is 6.92. The van der Waals surface area contributed by atoms with E-state index in [1.165, 1.54) is 19.1 Å². The normalized spacial score (nSPS) is 15.1. The predicted octanol–water partition coefficient (Wildman–Crippen LogP) is 5.05. The van der Waals surface area contributed by atoms with Gasteiger partial charge in [0.2, 0.25) is 0 Å². The fourth-order valence-corrected chi connectivity index (χ4v) is 4.56. The van der Waals surface area contributed by atoms with Crippen LogP contribution in [0.3, 0.4) is 0 Å². The van der Waals surface area contributed by atoms with Crippen LogP contribution < -0.4 is 14.8 Å². The molecule has 0 aromatic heterocycles. The molecule has 196 valence electrons. The lowest BCUT2D eigenvalue weighted by atomic mass is 10.1. The van der Waals surface area contributed by atoms with Crippen LogP contribution in [0.25, 0.3) is 6.08 Å². The lowest BCUT2D eigenvalue weighted by molar-refractivity contribution is -0.150. The number of carbonyl (C=O) groups excluding carboxylic acids is 4. The van der Waals surface area contributed by atoms with Gasteiger partial charge in [-0.1, -0.05) is 29.3 Å². The molecule has 2 aromatic carbocycles. The third-order valence-corrected chi connectivity index (χ3v) is 6.32. The number of nitrogens with zero attached hydrogens (tertiary/aromatic N) is 1. The summed E-state index contributed by atoms with van der Waals surface area (Å²) in [5.41, 5.74) is 2.18. The van der Waals surface area contributed by atoms with Gasteiger partial charge in [-0.15, -0.1) is 0 Å². The summed E-state index contributed by atoms with van der Waals surface area (Å²) in [6.07, 6.45) is 1.48. The van der Waals surface area contributed by atoms with Gasteiger partial charge in [0.1, 0.15) is 6.04 Å². The molecule has 0 unspecified atom stereocenters. The zero-order chi connectivity index (χ0) is 27.1. The van der Waals surface area contributed by atoms with Gasteiger partial charge in [0.05, 0.1) is 23.1 Å². The molecule has 1 heterocycles. The molecule has 37 heavy (non-hydrogen) atoms. The van der Waals surface area contributed by atoms with Gasteiger partial charge < -0.3 is 19.5 Å². The zero-order valence-corrected chi connectivity index (χ0v) is 22.4. The molecular formula is C26H27ClN2O7S. The Kier molecular flexibility index (Phi) is 9.60. The lowest BCUT2D eigenvalue weighted by Crippen LogP contribution is -2.42. The Morgan fingerprint density at radius 1 is 1.11 bits per heavy atom. The first-order valence-electron chi connectivity index (χ1n) is 11.5. The van der Waals surface area contributed by atoms with E-state index in [2.05, 4.69) is 5.32 Å². The SMILES string of the molecule is CCOC(=O)[C@@H](C)N1C(=O)S/C(=C/c2cc(Cl)c(OCC(=O)Nc3ccc(C)cc3)c(OCC)c2)C1=O. The average molecular weight is 547 g/mol. The van der Waals surface area contributed by atoms with Crippen molar-refractivity contribution in [3.8, 4) is 11.5 Å². The molecule has 3 amide bonds. The molecule has 1 aliphatic rings. The maximum atomic E-state index is 12.9. The highest BCUT2D eigenvalue weighted by Gasteiger charge is 2.41. The van der Waals surface area contributed by atoms with Crippen LogP contribution >= 0.6 is 23.4 Å². The van der Waals surface area contributed by atoms with Crippen LogP contribution in [-0.2, 0) is 19.1 Å². The number of ether oxygens (including phenoxy) is 3. The number of hydrogen-bond acceptors (Lipinski definition) is 8. The Morgan fingerprint density at radius 2 is 1.81 bits per heavy atom. The van der Waals surface area contributed by atoms with Crippen LogP contribution in [-0.4, -0.2) is 53.8 Å². The third kappa shape index (κ3) is 7.05. The van der Waals surface area contributed by atoms with Gasteiger partial charge in [-0.2, -0.15) is 0 Å². The van der Waals surface area contributed by atoms with Gasteiger partial charge in [0, 0.05) is 5.69 Å². The van der Waals surface area contributed by atoms with Gasteiger partial charge in [-0.05, 0) is 75.4 Å². The van der Waals surface area contributed by atoms with Crippen molar-refractivity contribution in [1.82, 2.24) is 4.90 Å². The molecule has 11 heteroatoms. The second kappa shape index (κ2) is 12.6. The zero-order valence-electron chi connectivity index (χ0n) is 20.8. The number of benzene rings is 2. The minimum Gasteiger partial charge on any atom is -0.490 e. The molecule has 0 spiro atoms. The standard InChI is InChI=1S/C26H27ClN2O7S/c1-5-34-20-12-17(13-21-24(31)29(26(33)37-21)16(4)25(32)35-6-2)11-19(27)23(20)36-14-22(30)28-18-9-7-15(3)8-10-18/h7-13,16H,5-6,14H2,1-4H3,(H,28,30)/b21-13+/t16-/m1/s1. The van der Waals surface area contributed by atoms with E-state index in [4.69, 9.17) is 25.8 Å². The summed E-state index contributed by atoms with van der Waals surface area (Å²) in [5, 5.41) is 2.32. The molecule has 1 aliphatic heterocycles. The predicted molar refractivity (Wildman–Crippen MR) is 142 cm³/mol. The van der Waals surface area contributed by atoms with E-state index >= 15 is 0 Å². The van der Waals surface area contributed by atoms with Crippen molar-refractivity contribution < 1.29 is 33.4 Å². The van der Waals surface area contributed by atoms with Crippen LogP contribution in [0.15, 0.2) is 41.3 Å². The van der Waals surface area contributed by atoms with E-state index < -0.39 is 23.2 Å². The first kappa shape index (κ1) is 28.1. The number of nitrogens with one attached hydrogen (secondary N) is 1. The summed E-state index contributed by atoms with van der Waals surface area (Å²) in [5.74, 6) is -1.22. The number of imide groups is 1. The van der Waals surface area contributed by atoms with Crippen LogP contribution in [0, 0.1) is 6.92 Å². The summed E-state index contributed by atoms with van der Waals surface area (Å²) < 4.78 is 16.2. The molecule has 3 rings (SSSR count). The number of carbonyl (C=O) groups is 4. The maximum Gasteiger partial charge on any atom is 0.329 e. The Hall–Kier alpha value is -3.50. The second-order valence-electron chi connectivity index (χ2n) is 7.95. The fraction of sp³-hybridized carbons (Fsp3) is 0.308. The molecule has 0 bridgehead atoms. The van der Waals surface area contributed by atoms with E-state index in [1.807, 2.05) is 19.1 Å². The molecule has 0 aliphatic carbocycles. The first-order valence-corrected chi connectivity index (χ1v) is 12.7. The number of esters is 1. The Labute approximate surface area is 224 Å². The Balaban J connectivity index is 1.77. The van der Waals surface area contributed by atoms with Crippen molar-refractivity contribution in [2.75, 3.05) is 25.1 Å². The first-order chi connectivity index (χ1) is 17.6. The van der Waals surface area contributed by atoms with Crippen molar-refractivity contribution >= 4 is 58.1 Å². The molecule has 2 aromatic rings. The molecule has 1 N–H and O–H groups in total. The summed E-state index contributed by atoms with van der Waals surface area (Å²) >= 11 is 7.15. The van der Waals surface area contributed by atoms with Gasteiger partial charge in [-0.25, -0.2) is 4.79 Å². The van der Waals surface area contributed by atoms with Gasteiger partial charge in [-0.3, -0.25) is 19.3 Å². The number of aryl methyl sites for hydroxylation is 1. The smallest absolute Gasteiger partial charge is 0.329 e. The summed E-state index contributed by atoms with van der Waals surface area (Å²) in [7, 11) is 0. The number of anilines is 1. The molecule has 1 saturated heterocycles. The van der Waals surface area contributed by atoms with Gasteiger partial charge in [0.25, 0.3) is 17.1 Å². The average Bonchev–Trinajstić information content (AvgIpc) is 3.12. The van der Waals surface area contributed by atoms with Crippen molar-refractivity contribution in [3.05, 3.63) is 57.5 Å². The number of thioether (sulfide) groups is 1. The molecule has 9 nitrogen and oxygen atoms in total. The molecule has 1 atom stereocenters. The number of amides is 3. The Bertz CT molecular complexity index is 1230. The monoisotopic (exact) mass is 546 g/mol. The van der Waals surface area contributed by atoms with Crippen molar-refractivity contribution in [1.29, 1.82) is 0 Å². The van der Waals surface area contributed by atoms with E-state index in [0.717, 1.165) is 10.5 Å². The van der Waals surface area contributed by atoms with Crippen molar-refractivity contribution in [2.24, 2.45) is 0 Å². The molecular weight excluding hydrogens is 520 g/mol. The van der Waals surface area contributed by atoms with Gasteiger partial charge in [0.15, 0.2) is 18.1 Å². The topological polar surface area (TPSA) is 111 Å². The fourth-order valence-electron chi connectivity index (χ4n) is 3.38. The Morgan fingerprint density at radius 3 is 2.46 bits per heavy atom. The van der Waals surface area contributed by atoms with Crippen LogP contribution in [0.2, 0.25) is 5.02 Å². The van der Waals surface area contributed by atoms with Gasteiger partial charge >= 0.3 is 5.97 Å². The van der Waals surface area contributed by atoms with E-state index in [1.54, 1.807) is 32.0 Å². The van der Waals surface area contributed by atoms with Crippen molar-refractivity contribution in [2.45, 2.75) is 33.7 Å². The highest BCUT2D eigenvalue weighted by atomic mass is 35.5. The third-order valence-electron chi connectivity index (χ3n) is 5.15. The minimum absolute atomic E-state index is 0.116. The maximum absolute atomic E-state index is 12.9.